The molecular weight excluding hydrogens is 354 g/mol. The van der Waals surface area contributed by atoms with Crippen molar-refractivity contribution in [2.75, 3.05) is 11.9 Å². The molecule has 0 aliphatic heterocycles. The van der Waals surface area contributed by atoms with Crippen molar-refractivity contribution < 1.29 is 14.3 Å². The van der Waals surface area contributed by atoms with Crippen LogP contribution in [0.15, 0.2) is 60.2 Å². The zero-order chi connectivity index (χ0) is 18.9. The molecule has 0 bridgehead atoms. The predicted molar refractivity (Wildman–Crippen MR) is 103 cm³/mol. The SMILES string of the molecule is C=CCOc1ccc(Cl)cc1/C=N\NC(=O)C(=O)Nc1cccc(C)c1. The summed E-state index contributed by atoms with van der Waals surface area (Å²) in [6, 6.07) is 12.1. The van der Waals surface area contributed by atoms with Crippen molar-refractivity contribution in [1.82, 2.24) is 5.43 Å². The third-order valence-electron chi connectivity index (χ3n) is 3.18. The zero-order valence-electron chi connectivity index (χ0n) is 14.2. The van der Waals surface area contributed by atoms with Gasteiger partial charge in [0.25, 0.3) is 0 Å². The number of ether oxygens (including phenoxy) is 1. The van der Waals surface area contributed by atoms with Gasteiger partial charge in [0.2, 0.25) is 0 Å². The summed E-state index contributed by atoms with van der Waals surface area (Å²) in [6.45, 7) is 5.78. The van der Waals surface area contributed by atoms with E-state index >= 15 is 0 Å². The quantitative estimate of drug-likeness (QED) is 0.354. The van der Waals surface area contributed by atoms with E-state index in [9.17, 15) is 9.59 Å². The molecule has 0 unspecified atom stereocenters. The van der Waals surface area contributed by atoms with Gasteiger partial charge in [-0.25, -0.2) is 5.43 Å². The lowest BCUT2D eigenvalue weighted by atomic mass is 10.2. The summed E-state index contributed by atoms with van der Waals surface area (Å²) < 4.78 is 5.48. The molecule has 2 N–H and O–H groups in total. The Morgan fingerprint density at radius 2 is 2.04 bits per heavy atom. The molecule has 0 atom stereocenters. The predicted octanol–water partition coefficient (Wildman–Crippen LogP) is 3.30. The third kappa shape index (κ3) is 5.75. The Morgan fingerprint density at radius 3 is 2.77 bits per heavy atom. The molecule has 0 aliphatic carbocycles. The van der Waals surface area contributed by atoms with Gasteiger partial charge < -0.3 is 10.1 Å². The fourth-order valence-electron chi connectivity index (χ4n) is 2.02. The van der Waals surface area contributed by atoms with Gasteiger partial charge in [0.1, 0.15) is 12.4 Å². The van der Waals surface area contributed by atoms with Crippen molar-refractivity contribution in [2.24, 2.45) is 5.10 Å². The number of benzene rings is 2. The zero-order valence-corrected chi connectivity index (χ0v) is 14.9. The van der Waals surface area contributed by atoms with E-state index < -0.39 is 11.8 Å². The van der Waals surface area contributed by atoms with Gasteiger partial charge in [0.15, 0.2) is 0 Å². The number of hydrogen-bond acceptors (Lipinski definition) is 4. The number of carbonyl (C=O) groups is 2. The second kappa shape index (κ2) is 9.39. The minimum atomic E-state index is -0.890. The lowest BCUT2D eigenvalue weighted by Crippen LogP contribution is -2.32. The molecule has 0 aromatic heterocycles. The summed E-state index contributed by atoms with van der Waals surface area (Å²) in [6.07, 6.45) is 2.95. The van der Waals surface area contributed by atoms with Crippen LogP contribution in [0.5, 0.6) is 5.75 Å². The van der Waals surface area contributed by atoms with Crippen LogP contribution in [0.1, 0.15) is 11.1 Å². The average Bonchev–Trinajstić information content (AvgIpc) is 2.61. The Bertz CT molecular complexity index is 850. The molecule has 2 aromatic carbocycles. The van der Waals surface area contributed by atoms with E-state index in [4.69, 9.17) is 16.3 Å². The van der Waals surface area contributed by atoms with Gasteiger partial charge in [-0.05, 0) is 42.8 Å². The number of nitrogens with one attached hydrogen (secondary N) is 2. The number of nitrogens with zero attached hydrogens (tertiary/aromatic N) is 1. The van der Waals surface area contributed by atoms with E-state index in [1.54, 1.807) is 42.5 Å². The monoisotopic (exact) mass is 371 g/mol. The van der Waals surface area contributed by atoms with Crippen LogP contribution in [0.3, 0.4) is 0 Å². The highest BCUT2D eigenvalue weighted by molar-refractivity contribution is 6.39. The fourth-order valence-corrected chi connectivity index (χ4v) is 2.20. The van der Waals surface area contributed by atoms with Crippen LogP contribution in [-0.4, -0.2) is 24.6 Å². The molecule has 0 spiro atoms. The summed E-state index contributed by atoms with van der Waals surface area (Å²) in [7, 11) is 0. The standard InChI is InChI=1S/C19H18ClN3O3/c1-3-9-26-17-8-7-15(20)11-14(17)12-21-23-19(25)18(24)22-16-6-4-5-13(2)10-16/h3-8,10-12H,1,9H2,2H3,(H,22,24)(H,23,25)/b21-12-. The molecule has 7 heteroatoms. The van der Waals surface area contributed by atoms with Gasteiger partial charge in [0, 0.05) is 16.3 Å². The molecule has 2 amide bonds. The van der Waals surface area contributed by atoms with Crippen molar-refractivity contribution >= 4 is 35.3 Å². The maximum atomic E-state index is 11.9. The molecule has 134 valence electrons. The molecule has 0 aliphatic rings. The first-order chi connectivity index (χ1) is 12.5. The molecular formula is C19H18ClN3O3. The van der Waals surface area contributed by atoms with Crippen LogP contribution in [-0.2, 0) is 9.59 Å². The van der Waals surface area contributed by atoms with E-state index in [1.165, 1.54) is 6.21 Å². The lowest BCUT2D eigenvalue weighted by molar-refractivity contribution is -0.136. The first kappa shape index (κ1) is 19.2. The first-order valence-corrected chi connectivity index (χ1v) is 8.11. The van der Waals surface area contributed by atoms with Crippen molar-refractivity contribution in [3.8, 4) is 5.75 Å². The molecule has 6 nitrogen and oxygen atoms in total. The lowest BCUT2D eigenvalue weighted by Gasteiger charge is -2.07. The maximum Gasteiger partial charge on any atom is 0.329 e. The van der Waals surface area contributed by atoms with Gasteiger partial charge in [-0.1, -0.05) is 36.4 Å². The van der Waals surface area contributed by atoms with Gasteiger partial charge in [-0.15, -0.1) is 0 Å². The first-order valence-electron chi connectivity index (χ1n) is 7.74. The Kier molecular flexibility index (Phi) is 6.93. The molecule has 2 rings (SSSR count). The molecule has 0 radical (unpaired) electrons. The number of hydrogen-bond donors (Lipinski definition) is 2. The maximum absolute atomic E-state index is 11.9. The number of carbonyl (C=O) groups excluding carboxylic acids is 2. The molecule has 2 aromatic rings. The molecule has 0 saturated carbocycles. The van der Waals surface area contributed by atoms with Crippen molar-refractivity contribution in [3.05, 3.63) is 71.3 Å². The van der Waals surface area contributed by atoms with Gasteiger partial charge in [-0.2, -0.15) is 5.10 Å². The van der Waals surface area contributed by atoms with Crippen LogP contribution < -0.4 is 15.5 Å². The summed E-state index contributed by atoms with van der Waals surface area (Å²) in [5.41, 5.74) is 4.22. The summed E-state index contributed by atoms with van der Waals surface area (Å²) >= 11 is 5.96. The number of aryl methyl sites for hydroxylation is 1. The van der Waals surface area contributed by atoms with E-state index in [1.807, 2.05) is 13.0 Å². The highest BCUT2D eigenvalue weighted by Crippen LogP contribution is 2.21. The van der Waals surface area contributed by atoms with Crippen LogP contribution in [0.2, 0.25) is 5.02 Å². The molecule has 0 saturated heterocycles. The summed E-state index contributed by atoms with van der Waals surface area (Å²) in [4.78, 5) is 23.7. The van der Waals surface area contributed by atoms with E-state index in [-0.39, 0.29) is 0 Å². The van der Waals surface area contributed by atoms with Crippen molar-refractivity contribution in [1.29, 1.82) is 0 Å². The van der Waals surface area contributed by atoms with Gasteiger partial charge >= 0.3 is 11.8 Å². The van der Waals surface area contributed by atoms with E-state index in [0.29, 0.717) is 28.6 Å². The Hall–Kier alpha value is -3.12. The second-order valence-corrected chi connectivity index (χ2v) is 5.74. The van der Waals surface area contributed by atoms with Crippen molar-refractivity contribution in [3.63, 3.8) is 0 Å². The highest BCUT2D eigenvalue weighted by Gasteiger charge is 2.13. The van der Waals surface area contributed by atoms with Crippen LogP contribution >= 0.6 is 11.6 Å². The Morgan fingerprint density at radius 1 is 1.23 bits per heavy atom. The van der Waals surface area contributed by atoms with E-state index in [2.05, 4.69) is 22.4 Å². The van der Waals surface area contributed by atoms with E-state index in [0.717, 1.165) is 5.56 Å². The number of rotatable bonds is 6. The average molecular weight is 372 g/mol. The molecule has 0 heterocycles. The fraction of sp³-hybridized carbons (Fsp3) is 0.105. The van der Waals surface area contributed by atoms with Gasteiger partial charge in [0.05, 0.1) is 6.21 Å². The molecule has 26 heavy (non-hydrogen) atoms. The Labute approximate surface area is 156 Å². The van der Waals surface area contributed by atoms with Crippen LogP contribution in [0.4, 0.5) is 5.69 Å². The number of halogens is 1. The number of anilines is 1. The van der Waals surface area contributed by atoms with Crippen LogP contribution in [0.25, 0.3) is 0 Å². The Balaban J connectivity index is 1.99. The minimum absolute atomic E-state index is 0.313. The highest BCUT2D eigenvalue weighted by atomic mass is 35.5. The number of amides is 2. The topological polar surface area (TPSA) is 79.8 Å². The second-order valence-electron chi connectivity index (χ2n) is 5.30. The summed E-state index contributed by atoms with van der Waals surface area (Å²) in [5, 5.41) is 6.77. The smallest absolute Gasteiger partial charge is 0.329 e. The largest absolute Gasteiger partial charge is 0.489 e. The third-order valence-corrected chi connectivity index (χ3v) is 3.42. The molecule has 0 fully saturated rings. The summed E-state index contributed by atoms with van der Waals surface area (Å²) in [5.74, 6) is -1.18. The van der Waals surface area contributed by atoms with Crippen LogP contribution in [0, 0.1) is 6.92 Å². The normalized spacial score (nSPS) is 10.4. The number of hydrazone groups is 1. The van der Waals surface area contributed by atoms with Crippen molar-refractivity contribution in [2.45, 2.75) is 6.92 Å². The minimum Gasteiger partial charge on any atom is -0.489 e. The van der Waals surface area contributed by atoms with Gasteiger partial charge in [-0.3, -0.25) is 9.59 Å².